The Morgan fingerprint density at radius 1 is 1.15 bits per heavy atom. The molecule has 1 aromatic carbocycles. The van der Waals surface area contributed by atoms with Gasteiger partial charge in [-0.15, -0.1) is 16.9 Å². The van der Waals surface area contributed by atoms with E-state index in [2.05, 4.69) is 34.1 Å². The first kappa shape index (κ1) is 15.9. The van der Waals surface area contributed by atoms with Crippen molar-refractivity contribution in [1.82, 2.24) is 15.5 Å². The topological polar surface area (TPSA) is 70.2 Å². The lowest BCUT2D eigenvalue weighted by molar-refractivity contribution is 0.112. The fourth-order valence-corrected chi connectivity index (χ4v) is 3.86. The van der Waals surface area contributed by atoms with Gasteiger partial charge in [0, 0.05) is 22.5 Å². The Morgan fingerprint density at radius 3 is 3.00 bits per heavy atom. The number of aldehydes is 1. The Kier molecular flexibility index (Phi) is 3.81. The van der Waals surface area contributed by atoms with Gasteiger partial charge in [0.15, 0.2) is 12.1 Å². The molecule has 2 N–H and O–H groups in total. The molecular weight excluding hydrogens is 358 g/mol. The van der Waals surface area contributed by atoms with Gasteiger partial charge >= 0.3 is 0 Å². The molecule has 0 aliphatic carbocycles. The second kappa shape index (κ2) is 6.46. The maximum Gasteiger partial charge on any atom is 0.170 e. The number of anilines is 2. The number of pyridine rings is 2. The number of hydrazine groups is 2. The minimum Gasteiger partial charge on any atom is -0.300 e. The summed E-state index contributed by atoms with van der Waals surface area (Å²) in [4.78, 5) is 20.8. The highest BCUT2D eigenvalue weighted by Crippen LogP contribution is 2.32. The molecular formula is C20H15N5OS. The van der Waals surface area contributed by atoms with Crippen LogP contribution in [0.2, 0.25) is 0 Å². The van der Waals surface area contributed by atoms with Crippen LogP contribution < -0.4 is 16.0 Å². The smallest absolute Gasteiger partial charge is 0.170 e. The van der Waals surface area contributed by atoms with E-state index in [1.807, 2.05) is 40.7 Å². The Bertz CT molecular complexity index is 1160. The zero-order valence-electron chi connectivity index (χ0n) is 14.2. The summed E-state index contributed by atoms with van der Waals surface area (Å²) in [7, 11) is 0. The number of nitrogens with zero attached hydrogens (tertiary/aromatic N) is 3. The van der Waals surface area contributed by atoms with Crippen LogP contribution in [-0.4, -0.2) is 16.3 Å². The first-order valence-electron chi connectivity index (χ1n) is 8.48. The number of thiophene rings is 1. The van der Waals surface area contributed by atoms with Crippen molar-refractivity contribution in [2.24, 2.45) is 0 Å². The second-order valence-electron chi connectivity index (χ2n) is 6.28. The minimum atomic E-state index is 0.657. The molecule has 3 aromatic heterocycles. The fraction of sp³-hybridized carbons (Fsp3) is 0.0500. The van der Waals surface area contributed by atoms with Gasteiger partial charge in [-0.25, -0.2) is 4.98 Å². The number of nitrogens with one attached hydrogen (secondary N) is 2. The predicted molar refractivity (Wildman–Crippen MR) is 108 cm³/mol. The fourth-order valence-electron chi connectivity index (χ4n) is 3.16. The van der Waals surface area contributed by atoms with Crippen LogP contribution in [0.3, 0.4) is 0 Å². The van der Waals surface area contributed by atoms with Crippen LogP contribution in [0.5, 0.6) is 0 Å². The quantitative estimate of drug-likeness (QED) is 0.527. The van der Waals surface area contributed by atoms with E-state index in [4.69, 9.17) is 4.98 Å². The van der Waals surface area contributed by atoms with Gasteiger partial charge in [-0.2, -0.15) is 0 Å². The molecule has 0 bridgehead atoms. The van der Waals surface area contributed by atoms with Gasteiger partial charge in [-0.3, -0.25) is 14.8 Å². The van der Waals surface area contributed by atoms with Crippen LogP contribution in [0.1, 0.15) is 15.2 Å². The maximum atomic E-state index is 10.9. The van der Waals surface area contributed by atoms with Crippen LogP contribution >= 0.6 is 11.3 Å². The normalized spacial score (nSPS) is 12.8. The van der Waals surface area contributed by atoms with E-state index in [0.717, 1.165) is 45.5 Å². The molecule has 0 amide bonds. The van der Waals surface area contributed by atoms with Crippen LogP contribution in [-0.2, 0) is 6.54 Å². The summed E-state index contributed by atoms with van der Waals surface area (Å²) in [5, 5.41) is 5.04. The molecule has 1 aliphatic rings. The number of carbonyl (C=O) groups excluding carboxylic acids is 1. The number of benzene rings is 1. The Balaban J connectivity index is 1.45. The van der Waals surface area contributed by atoms with Crippen molar-refractivity contribution < 1.29 is 4.79 Å². The lowest BCUT2D eigenvalue weighted by atomic mass is 10.1. The monoisotopic (exact) mass is 373 g/mol. The van der Waals surface area contributed by atoms with Crippen molar-refractivity contribution in [3.8, 4) is 11.3 Å². The van der Waals surface area contributed by atoms with Gasteiger partial charge in [0.25, 0.3) is 0 Å². The van der Waals surface area contributed by atoms with Crippen LogP contribution in [0, 0.1) is 0 Å². The minimum absolute atomic E-state index is 0.657. The van der Waals surface area contributed by atoms with Crippen molar-refractivity contribution in [3.63, 3.8) is 0 Å². The molecule has 5 rings (SSSR count). The van der Waals surface area contributed by atoms with Gasteiger partial charge in [0.05, 0.1) is 28.3 Å². The van der Waals surface area contributed by atoms with Crippen LogP contribution in [0.15, 0.2) is 60.1 Å². The molecule has 6 nitrogen and oxygen atoms in total. The number of fused-ring (bicyclic) bond motifs is 2. The summed E-state index contributed by atoms with van der Waals surface area (Å²) in [6, 6.07) is 16.1. The van der Waals surface area contributed by atoms with E-state index in [-0.39, 0.29) is 0 Å². The molecule has 27 heavy (non-hydrogen) atoms. The standard InChI is InChI=1S/C20H15N5OS/c26-11-16-9-15(12-27-16)18-5-6-19-20(22-18)25(24-23-19)10-13-3-4-17-14(8-13)2-1-7-21-17/h1-9,11-12,23-24H,10H2. The van der Waals surface area contributed by atoms with E-state index < -0.39 is 0 Å². The van der Waals surface area contributed by atoms with Gasteiger partial charge in [0.1, 0.15) is 0 Å². The molecule has 0 fully saturated rings. The van der Waals surface area contributed by atoms with E-state index in [0.29, 0.717) is 11.4 Å². The summed E-state index contributed by atoms with van der Waals surface area (Å²) in [5.41, 5.74) is 11.2. The molecule has 4 aromatic rings. The lowest BCUT2D eigenvalue weighted by Crippen LogP contribution is -2.35. The van der Waals surface area contributed by atoms with E-state index in [9.17, 15) is 4.79 Å². The van der Waals surface area contributed by atoms with Gasteiger partial charge in [-0.1, -0.05) is 12.1 Å². The highest BCUT2D eigenvalue weighted by molar-refractivity contribution is 7.12. The molecule has 1 aliphatic heterocycles. The highest BCUT2D eigenvalue weighted by Gasteiger charge is 2.21. The second-order valence-corrected chi connectivity index (χ2v) is 7.22. The third kappa shape index (κ3) is 2.92. The molecule has 0 spiro atoms. The molecule has 132 valence electrons. The molecule has 0 radical (unpaired) electrons. The van der Waals surface area contributed by atoms with E-state index in [1.54, 1.807) is 6.20 Å². The third-order valence-corrected chi connectivity index (χ3v) is 5.35. The first-order valence-corrected chi connectivity index (χ1v) is 9.36. The van der Waals surface area contributed by atoms with Gasteiger partial charge < -0.3 is 5.43 Å². The van der Waals surface area contributed by atoms with E-state index in [1.165, 1.54) is 11.3 Å². The molecule has 0 saturated carbocycles. The van der Waals surface area contributed by atoms with Gasteiger partial charge in [0.2, 0.25) is 0 Å². The van der Waals surface area contributed by atoms with Crippen LogP contribution in [0.4, 0.5) is 11.5 Å². The summed E-state index contributed by atoms with van der Waals surface area (Å²) in [5.74, 6) is 0.831. The predicted octanol–water partition coefficient (Wildman–Crippen LogP) is 4.02. The zero-order valence-corrected chi connectivity index (χ0v) is 15.0. The van der Waals surface area contributed by atoms with Crippen molar-refractivity contribution in [2.45, 2.75) is 6.54 Å². The average Bonchev–Trinajstić information content (AvgIpc) is 3.35. The third-order valence-electron chi connectivity index (χ3n) is 4.50. The molecule has 0 saturated heterocycles. The SMILES string of the molecule is O=Cc1cc(-c2ccc3c(n2)N(Cc2ccc4ncccc4c2)NN3)cs1. The maximum absolute atomic E-state index is 10.9. The molecule has 0 atom stereocenters. The van der Waals surface area contributed by atoms with Crippen LogP contribution in [0.25, 0.3) is 22.2 Å². The van der Waals surface area contributed by atoms with Crippen molar-refractivity contribution >= 4 is 40.0 Å². The van der Waals surface area contributed by atoms with Crippen molar-refractivity contribution in [2.75, 3.05) is 10.4 Å². The largest absolute Gasteiger partial charge is 0.300 e. The lowest BCUT2D eigenvalue weighted by Gasteiger charge is -2.17. The summed E-state index contributed by atoms with van der Waals surface area (Å²) < 4.78 is 0. The molecule has 0 unspecified atom stereocenters. The number of hydrogen-bond donors (Lipinski definition) is 2. The van der Waals surface area contributed by atoms with E-state index >= 15 is 0 Å². The molecule has 4 heterocycles. The number of carbonyl (C=O) groups is 1. The molecule has 7 heteroatoms. The highest BCUT2D eigenvalue weighted by atomic mass is 32.1. The zero-order chi connectivity index (χ0) is 18.2. The first-order chi connectivity index (χ1) is 13.3. The number of aromatic nitrogens is 2. The number of hydrogen-bond acceptors (Lipinski definition) is 7. The Labute approximate surface area is 159 Å². The van der Waals surface area contributed by atoms with Crippen molar-refractivity contribution in [1.29, 1.82) is 0 Å². The summed E-state index contributed by atoms with van der Waals surface area (Å²) in [6.07, 6.45) is 2.67. The Hall–Kier alpha value is -3.29. The average molecular weight is 373 g/mol. The number of rotatable bonds is 4. The summed E-state index contributed by atoms with van der Waals surface area (Å²) in [6.45, 7) is 0.657. The van der Waals surface area contributed by atoms with Gasteiger partial charge in [-0.05, 0) is 42.0 Å². The summed E-state index contributed by atoms with van der Waals surface area (Å²) >= 11 is 1.42. The Morgan fingerprint density at radius 2 is 2.11 bits per heavy atom. The van der Waals surface area contributed by atoms with Crippen molar-refractivity contribution in [3.05, 3.63) is 70.5 Å².